The van der Waals surface area contributed by atoms with Gasteiger partial charge in [0.2, 0.25) is 0 Å². The second kappa shape index (κ2) is 3.49. The highest BCUT2D eigenvalue weighted by Gasteiger charge is 2.53. The van der Waals surface area contributed by atoms with Crippen LogP contribution >= 0.6 is 0 Å². The highest BCUT2D eigenvalue weighted by molar-refractivity contribution is 5.05. The summed E-state index contributed by atoms with van der Waals surface area (Å²) in [6.07, 6.45) is 7.33. The van der Waals surface area contributed by atoms with Crippen molar-refractivity contribution in [3.05, 3.63) is 0 Å². The van der Waals surface area contributed by atoms with Gasteiger partial charge in [0.25, 0.3) is 0 Å². The maximum atomic E-state index is 3.66. The molecule has 2 aliphatic carbocycles. The Labute approximate surface area is 86.8 Å². The molecular formula is C12H22N2. The number of hydrogen-bond acceptors (Lipinski definition) is 2. The average Bonchev–Trinajstić information content (AvgIpc) is 3.09. The van der Waals surface area contributed by atoms with Crippen molar-refractivity contribution in [2.75, 3.05) is 26.2 Å². The summed E-state index contributed by atoms with van der Waals surface area (Å²) >= 11 is 0. The molecule has 0 radical (unpaired) electrons. The molecule has 1 spiro atoms. The lowest BCUT2D eigenvalue weighted by molar-refractivity contribution is 0.318. The Hall–Kier alpha value is -0.0800. The van der Waals surface area contributed by atoms with Crippen molar-refractivity contribution >= 4 is 0 Å². The second-order valence-electron chi connectivity index (χ2n) is 5.62. The van der Waals surface area contributed by atoms with Crippen molar-refractivity contribution in [1.82, 2.24) is 10.6 Å². The van der Waals surface area contributed by atoms with Gasteiger partial charge < -0.3 is 10.6 Å². The zero-order chi connectivity index (χ0) is 9.43. The Morgan fingerprint density at radius 2 is 1.93 bits per heavy atom. The molecule has 0 aromatic rings. The van der Waals surface area contributed by atoms with E-state index in [-0.39, 0.29) is 0 Å². The summed E-state index contributed by atoms with van der Waals surface area (Å²) in [5.74, 6) is 2.06. The fraction of sp³-hybridized carbons (Fsp3) is 1.00. The molecule has 0 aromatic carbocycles. The average molecular weight is 194 g/mol. The molecule has 2 saturated carbocycles. The lowest BCUT2D eigenvalue weighted by atomic mass is 9.92. The van der Waals surface area contributed by atoms with Gasteiger partial charge in [0.15, 0.2) is 0 Å². The summed E-state index contributed by atoms with van der Waals surface area (Å²) in [5, 5.41) is 7.13. The Morgan fingerprint density at radius 1 is 1.14 bits per heavy atom. The normalized spacial score (nSPS) is 34.7. The van der Waals surface area contributed by atoms with Crippen LogP contribution in [0.3, 0.4) is 0 Å². The molecule has 3 aliphatic rings. The summed E-state index contributed by atoms with van der Waals surface area (Å²) in [6.45, 7) is 5.12. The van der Waals surface area contributed by atoms with E-state index in [0.717, 1.165) is 17.3 Å². The van der Waals surface area contributed by atoms with Gasteiger partial charge in [-0.15, -0.1) is 0 Å². The molecule has 3 fully saturated rings. The van der Waals surface area contributed by atoms with Crippen molar-refractivity contribution in [2.45, 2.75) is 32.1 Å². The summed E-state index contributed by atoms with van der Waals surface area (Å²) in [7, 11) is 0. The number of hydrogen-bond donors (Lipinski definition) is 2. The molecule has 0 aromatic heterocycles. The highest BCUT2D eigenvalue weighted by atomic mass is 14.9. The Bertz CT molecular complexity index is 204. The topological polar surface area (TPSA) is 24.1 Å². The summed E-state index contributed by atoms with van der Waals surface area (Å²) < 4.78 is 0. The molecule has 1 heterocycles. The van der Waals surface area contributed by atoms with Gasteiger partial charge in [0, 0.05) is 0 Å². The van der Waals surface area contributed by atoms with Gasteiger partial charge in [-0.3, -0.25) is 0 Å². The third-order valence-corrected chi connectivity index (χ3v) is 4.48. The van der Waals surface area contributed by atoms with E-state index in [1.54, 1.807) is 0 Å². The summed E-state index contributed by atoms with van der Waals surface area (Å²) in [4.78, 5) is 0. The molecule has 0 amide bonds. The smallest absolute Gasteiger partial charge is 0.00149 e. The highest BCUT2D eigenvalue weighted by Crippen LogP contribution is 2.58. The minimum absolute atomic E-state index is 0.780. The van der Waals surface area contributed by atoms with Crippen LogP contribution < -0.4 is 10.6 Å². The first kappa shape index (κ1) is 9.17. The van der Waals surface area contributed by atoms with Crippen LogP contribution in [0.15, 0.2) is 0 Å². The Balaban J connectivity index is 1.38. The molecule has 1 saturated heterocycles. The van der Waals surface area contributed by atoms with Crippen molar-refractivity contribution in [3.63, 3.8) is 0 Å². The summed E-state index contributed by atoms with van der Waals surface area (Å²) in [6, 6.07) is 0. The first-order valence-electron chi connectivity index (χ1n) is 6.30. The van der Waals surface area contributed by atoms with Crippen LogP contribution in [0.5, 0.6) is 0 Å². The monoisotopic (exact) mass is 194 g/mol. The zero-order valence-corrected chi connectivity index (χ0v) is 9.02. The van der Waals surface area contributed by atoms with E-state index in [9.17, 15) is 0 Å². The lowest BCUT2D eigenvalue weighted by Gasteiger charge is -2.23. The molecular weight excluding hydrogens is 172 g/mol. The molecule has 2 heteroatoms. The van der Waals surface area contributed by atoms with E-state index in [1.807, 2.05) is 0 Å². The van der Waals surface area contributed by atoms with E-state index >= 15 is 0 Å². The van der Waals surface area contributed by atoms with Crippen LogP contribution in [0.1, 0.15) is 32.1 Å². The van der Waals surface area contributed by atoms with Gasteiger partial charge in [-0.2, -0.15) is 0 Å². The van der Waals surface area contributed by atoms with E-state index in [0.29, 0.717) is 0 Å². The van der Waals surface area contributed by atoms with Crippen molar-refractivity contribution in [1.29, 1.82) is 0 Å². The maximum Gasteiger partial charge on any atom is -0.00149 e. The molecule has 3 rings (SSSR count). The molecule has 2 N–H and O–H groups in total. The third-order valence-electron chi connectivity index (χ3n) is 4.48. The first-order chi connectivity index (χ1) is 6.89. The SMILES string of the molecule is C1CC2(CCN1)C[C@@H]2CNCC1CC1. The first-order valence-corrected chi connectivity index (χ1v) is 6.30. The minimum atomic E-state index is 0.780. The van der Waals surface area contributed by atoms with Crippen LogP contribution in [-0.4, -0.2) is 26.2 Å². The van der Waals surface area contributed by atoms with Crippen LogP contribution in [-0.2, 0) is 0 Å². The molecule has 1 aliphatic heterocycles. The van der Waals surface area contributed by atoms with E-state index < -0.39 is 0 Å². The van der Waals surface area contributed by atoms with Crippen LogP contribution in [0.2, 0.25) is 0 Å². The molecule has 14 heavy (non-hydrogen) atoms. The second-order valence-corrected chi connectivity index (χ2v) is 5.62. The van der Waals surface area contributed by atoms with Crippen molar-refractivity contribution < 1.29 is 0 Å². The number of nitrogens with one attached hydrogen (secondary N) is 2. The third kappa shape index (κ3) is 1.82. The Kier molecular flexibility index (Phi) is 2.29. The fourth-order valence-electron chi connectivity index (χ4n) is 3.04. The predicted molar refractivity (Wildman–Crippen MR) is 58.2 cm³/mol. The molecule has 0 unspecified atom stereocenters. The maximum absolute atomic E-state index is 3.66. The zero-order valence-electron chi connectivity index (χ0n) is 9.02. The predicted octanol–water partition coefficient (Wildman–Crippen LogP) is 1.38. The van der Waals surface area contributed by atoms with Crippen molar-refractivity contribution in [3.8, 4) is 0 Å². The van der Waals surface area contributed by atoms with Crippen LogP contribution in [0.25, 0.3) is 0 Å². The van der Waals surface area contributed by atoms with Crippen molar-refractivity contribution in [2.24, 2.45) is 17.3 Å². The van der Waals surface area contributed by atoms with Gasteiger partial charge >= 0.3 is 0 Å². The van der Waals surface area contributed by atoms with Gasteiger partial charge in [-0.25, -0.2) is 0 Å². The van der Waals surface area contributed by atoms with E-state index in [1.165, 1.54) is 58.3 Å². The molecule has 0 bridgehead atoms. The van der Waals surface area contributed by atoms with Crippen LogP contribution in [0.4, 0.5) is 0 Å². The Morgan fingerprint density at radius 3 is 2.64 bits per heavy atom. The van der Waals surface area contributed by atoms with Crippen LogP contribution in [0, 0.1) is 17.3 Å². The van der Waals surface area contributed by atoms with E-state index in [2.05, 4.69) is 10.6 Å². The van der Waals surface area contributed by atoms with Gasteiger partial charge in [-0.05, 0) is 75.5 Å². The number of rotatable bonds is 4. The van der Waals surface area contributed by atoms with Gasteiger partial charge in [0.1, 0.15) is 0 Å². The molecule has 2 nitrogen and oxygen atoms in total. The standard InChI is InChI=1S/C12H22N2/c1-2-10(1)8-14-9-11-7-12(11)3-5-13-6-4-12/h10-11,13-14H,1-9H2/t11-/m1/s1. The molecule has 80 valence electrons. The fourth-order valence-corrected chi connectivity index (χ4v) is 3.04. The largest absolute Gasteiger partial charge is 0.317 e. The minimum Gasteiger partial charge on any atom is -0.317 e. The lowest BCUT2D eigenvalue weighted by Crippen LogP contribution is -2.31. The van der Waals surface area contributed by atoms with E-state index in [4.69, 9.17) is 0 Å². The van der Waals surface area contributed by atoms with Gasteiger partial charge in [-0.1, -0.05) is 0 Å². The quantitative estimate of drug-likeness (QED) is 0.706. The molecule has 1 atom stereocenters. The summed E-state index contributed by atoms with van der Waals surface area (Å²) in [5.41, 5.74) is 0.780. The number of piperidine rings is 1. The van der Waals surface area contributed by atoms with Gasteiger partial charge in [0.05, 0.1) is 0 Å².